The summed E-state index contributed by atoms with van der Waals surface area (Å²) < 4.78 is 10.4. The van der Waals surface area contributed by atoms with Crippen molar-refractivity contribution in [2.45, 2.75) is 59.3 Å². The molecule has 1 rings (SSSR count). The summed E-state index contributed by atoms with van der Waals surface area (Å²) in [5.74, 6) is 0.0259. The van der Waals surface area contributed by atoms with Crippen molar-refractivity contribution in [2.24, 2.45) is 5.92 Å². The number of ether oxygens (including phenoxy) is 2. The topological polar surface area (TPSA) is 52.6 Å². The van der Waals surface area contributed by atoms with Gasteiger partial charge in [0, 0.05) is 0 Å². The van der Waals surface area contributed by atoms with Gasteiger partial charge in [-0.1, -0.05) is 46.5 Å². The summed E-state index contributed by atoms with van der Waals surface area (Å²) in [7, 11) is 0. The first-order valence-electron chi connectivity index (χ1n) is 8.99. The number of benzene rings is 1. The molecule has 0 saturated carbocycles. The molecule has 0 atom stereocenters. The van der Waals surface area contributed by atoms with E-state index < -0.39 is 0 Å². The van der Waals surface area contributed by atoms with Crippen molar-refractivity contribution in [3.8, 4) is 0 Å². The van der Waals surface area contributed by atoms with Crippen LogP contribution in [0.2, 0.25) is 0 Å². The van der Waals surface area contributed by atoms with E-state index in [1.54, 1.807) is 24.3 Å². The van der Waals surface area contributed by atoms with E-state index in [1.165, 1.54) is 12.8 Å². The van der Waals surface area contributed by atoms with Crippen molar-refractivity contribution in [1.82, 2.24) is 0 Å². The standard InChI is InChI=1S/C20H30O4/c1-4-5-14-23-19(21)17-10-12-18(13-11-17)20(22)24-15-8-6-7-9-16(2)3/h10-13,16H,4-9,14-15H2,1-3H3. The Balaban J connectivity index is 2.31. The molecule has 1 aromatic carbocycles. The Hall–Kier alpha value is -1.84. The Morgan fingerprint density at radius 1 is 0.833 bits per heavy atom. The van der Waals surface area contributed by atoms with Gasteiger partial charge < -0.3 is 9.47 Å². The average molecular weight is 334 g/mol. The molecule has 0 aliphatic rings. The zero-order valence-electron chi connectivity index (χ0n) is 15.2. The molecule has 0 fully saturated rings. The maximum atomic E-state index is 11.9. The predicted octanol–water partition coefficient (Wildman–Crippen LogP) is 5.02. The van der Waals surface area contributed by atoms with Gasteiger partial charge in [0.05, 0.1) is 24.3 Å². The Morgan fingerprint density at radius 2 is 1.33 bits per heavy atom. The fourth-order valence-corrected chi connectivity index (χ4v) is 2.21. The van der Waals surface area contributed by atoms with Gasteiger partial charge in [0.2, 0.25) is 0 Å². The first kappa shape index (κ1) is 20.2. The maximum Gasteiger partial charge on any atom is 0.338 e. The second-order valence-electron chi connectivity index (χ2n) is 6.45. The van der Waals surface area contributed by atoms with Crippen LogP contribution in [0.5, 0.6) is 0 Å². The molecule has 0 saturated heterocycles. The number of carbonyl (C=O) groups excluding carboxylic acids is 2. The summed E-state index contributed by atoms with van der Waals surface area (Å²) in [4.78, 5) is 23.7. The SMILES string of the molecule is CCCCOC(=O)c1ccc(C(=O)OCCCCCC(C)C)cc1. The van der Waals surface area contributed by atoms with E-state index in [0.717, 1.165) is 31.6 Å². The first-order chi connectivity index (χ1) is 11.5. The lowest BCUT2D eigenvalue weighted by Gasteiger charge is -2.07. The summed E-state index contributed by atoms with van der Waals surface area (Å²) in [5.41, 5.74) is 0.915. The number of hydrogen-bond acceptors (Lipinski definition) is 4. The highest BCUT2D eigenvalue weighted by Crippen LogP contribution is 2.10. The number of carbonyl (C=O) groups is 2. The quantitative estimate of drug-likeness (QED) is 0.421. The molecule has 0 radical (unpaired) electrons. The lowest BCUT2D eigenvalue weighted by atomic mass is 10.1. The monoisotopic (exact) mass is 334 g/mol. The summed E-state index contributed by atoms with van der Waals surface area (Å²) in [6.45, 7) is 7.33. The summed E-state index contributed by atoms with van der Waals surface area (Å²) in [6, 6.07) is 6.43. The van der Waals surface area contributed by atoms with Gasteiger partial charge in [-0.05, 0) is 43.0 Å². The number of esters is 2. The van der Waals surface area contributed by atoms with Crippen LogP contribution in [-0.2, 0) is 9.47 Å². The van der Waals surface area contributed by atoms with Crippen molar-refractivity contribution in [3.05, 3.63) is 35.4 Å². The largest absolute Gasteiger partial charge is 0.462 e. The third-order valence-corrected chi connectivity index (χ3v) is 3.75. The van der Waals surface area contributed by atoms with E-state index in [1.807, 2.05) is 6.92 Å². The number of rotatable bonds is 11. The molecule has 0 unspecified atom stereocenters. The first-order valence-corrected chi connectivity index (χ1v) is 8.99. The van der Waals surface area contributed by atoms with Gasteiger partial charge in [-0.15, -0.1) is 0 Å². The lowest BCUT2D eigenvalue weighted by Crippen LogP contribution is -2.09. The smallest absolute Gasteiger partial charge is 0.338 e. The van der Waals surface area contributed by atoms with Crippen molar-refractivity contribution in [2.75, 3.05) is 13.2 Å². The van der Waals surface area contributed by atoms with Gasteiger partial charge in [-0.25, -0.2) is 9.59 Å². The Bertz CT molecular complexity index is 491. The van der Waals surface area contributed by atoms with E-state index in [2.05, 4.69) is 13.8 Å². The van der Waals surface area contributed by atoms with Crippen LogP contribution in [0.4, 0.5) is 0 Å². The van der Waals surface area contributed by atoms with Gasteiger partial charge in [-0.3, -0.25) is 0 Å². The van der Waals surface area contributed by atoms with Crippen molar-refractivity contribution < 1.29 is 19.1 Å². The highest BCUT2D eigenvalue weighted by atomic mass is 16.5. The molecule has 0 N–H and O–H groups in total. The van der Waals surface area contributed by atoms with Crippen LogP contribution < -0.4 is 0 Å². The molecular formula is C20H30O4. The third-order valence-electron chi connectivity index (χ3n) is 3.75. The van der Waals surface area contributed by atoms with Crippen LogP contribution in [0.1, 0.15) is 80.0 Å². The van der Waals surface area contributed by atoms with Crippen LogP contribution in [0.15, 0.2) is 24.3 Å². The van der Waals surface area contributed by atoms with Gasteiger partial charge in [0.25, 0.3) is 0 Å². The molecule has 0 spiro atoms. The zero-order chi connectivity index (χ0) is 17.8. The Kier molecular flexibility index (Phi) is 9.81. The van der Waals surface area contributed by atoms with Crippen LogP contribution in [0, 0.1) is 5.92 Å². The second-order valence-corrected chi connectivity index (χ2v) is 6.45. The molecule has 24 heavy (non-hydrogen) atoms. The van der Waals surface area contributed by atoms with E-state index >= 15 is 0 Å². The average Bonchev–Trinajstić information content (AvgIpc) is 2.57. The molecule has 1 aromatic rings. The van der Waals surface area contributed by atoms with Crippen LogP contribution in [0.3, 0.4) is 0 Å². The highest BCUT2D eigenvalue weighted by molar-refractivity contribution is 5.93. The minimum absolute atomic E-state index is 0.343. The van der Waals surface area contributed by atoms with E-state index in [-0.39, 0.29) is 11.9 Å². The Morgan fingerprint density at radius 3 is 1.79 bits per heavy atom. The van der Waals surface area contributed by atoms with Gasteiger partial charge in [-0.2, -0.15) is 0 Å². The fraction of sp³-hybridized carbons (Fsp3) is 0.600. The van der Waals surface area contributed by atoms with Crippen molar-refractivity contribution >= 4 is 11.9 Å². The number of hydrogen-bond donors (Lipinski definition) is 0. The minimum Gasteiger partial charge on any atom is -0.462 e. The molecule has 134 valence electrons. The summed E-state index contributed by atoms with van der Waals surface area (Å²) in [6.07, 6.45) is 6.19. The van der Waals surface area contributed by atoms with Crippen molar-refractivity contribution in [3.63, 3.8) is 0 Å². The number of unbranched alkanes of at least 4 members (excludes halogenated alkanes) is 3. The zero-order valence-corrected chi connectivity index (χ0v) is 15.2. The van der Waals surface area contributed by atoms with Gasteiger partial charge in [0.15, 0.2) is 0 Å². The summed E-state index contributed by atoms with van der Waals surface area (Å²) in [5, 5.41) is 0. The molecular weight excluding hydrogens is 304 g/mol. The van der Waals surface area contributed by atoms with E-state index in [4.69, 9.17) is 9.47 Å². The minimum atomic E-state index is -0.353. The van der Waals surface area contributed by atoms with Crippen LogP contribution in [-0.4, -0.2) is 25.2 Å². The van der Waals surface area contributed by atoms with E-state index in [9.17, 15) is 9.59 Å². The highest BCUT2D eigenvalue weighted by Gasteiger charge is 2.10. The fourth-order valence-electron chi connectivity index (χ4n) is 2.21. The van der Waals surface area contributed by atoms with Gasteiger partial charge >= 0.3 is 11.9 Å². The molecule has 0 aliphatic heterocycles. The van der Waals surface area contributed by atoms with Crippen molar-refractivity contribution in [1.29, 1.82) is 0 Å². The Labute approximate surface area is 145 Å². The second kappa shape index (κ2) is 11.7. The predicted molar refractivity (Wildman–Crippen MR) is 95.2 cm³/mol. The maximum absolute atomic E-state index is 11.9. The molecule has 0 bridgehead atoms. The molecule has 4 heteroatoms. The molecule has 0 aromatic heterocycles. The molecule has 0 heterocycles. The third kappa shape index (κ3) is 8.14. The van der Waals surface area contributed by atoms with Crippen LogP contribution in [0.25, 0.3) is 0 Å². The lowest BCUT2D eigenvalue weighted by molar-refractivity contribution is 0.0484. The molecule has 4 nitrogen and oxygen atoms in total. The molecule has 0 aliphatic carbocycles. The normalized spacial score (nSPS) is 10.7. The summed E-state index contributed by atoms with van der Waals surface area (Å²) >= 11 is 0. The molecule has 0 amide bonds. The van der Waals surface area contributed by atoms with Crippen LogP contribution >= 0.6 is 0 Å². The van der Waals surface area contributed by atoms with Gasteiger partial charge in [0.1, 0.15) is 0 Å². The van der Waals surface area contributed by atoms with E-state index in [0.29, 0.717) is 24.3 Å².